The lowest BCUT2D eigenvalue weighted by molar-refractivity contribution is 0.619. The Hall–Kier alpha value is -2.25. The molecule has 24 heavy (non-hydrogen) atoms. The van der Waals surface area contributed by atoms with Gasteiger partial charge in [-0.05, 0) is 74.0 Å². The van der Waals surface area contributed by atoms with Crippen LogP contribution in [0, 0.1) is 26.6 Å². The van der Waals surface area contributed by atoms with Crippen LogP contribution in [-0.2, 0) is 0 Å². The standard InChI is InChI=1S/C17H19FN4S2/c1-10-7-8-13(9-14(10)18)19-16(23)21-22-17(24)20-15-11(2)5-4-6-12(15)3/h4-9H,1-3H3,(H2,19,21,23)(H2,20,22,24). The zero-order valence-corrected chi connectivity index (χ0v) is 15.3. The predicted molar refractivity (Wildman–Crippen MR) is 106 cm³/mol. The molecule has 4 nitrogen and oxygen atoms in total. The predicted octanol–water partition coefficient (Wildman–Crippen LogP) is 3.94. The van der Waals surface area contributed by atoms with Crippen molar-refractivity contribution in [3.63, 3.8) is 0 Å². The molecule has 0 spiro atoms. The number of thiocarbonyl (C=S) groups is 2. The van der Waals surface area contributed by atoms with Gasteiger partial charge in [0.2, 0.25) is 0 Å². The van der Waals surface area contributed by atoms with Gasteiger partial charge in [-0.15, -0.1) is 0 Å². The van der Waals surface area contributed by atoms with Crippen LogP contribution in [0.25, 0.3) is 0 Å². The van der Waals surface area contributed by atoms with Crippen LogP contribution in [0.4, 0.5) is 15.8 Å². The maximum atomic E-state index is 13.5. The van der Waals surface area contributed by atoms with E-state index in [1.807, 2.05) is 32.0 Å². The molecule has 0 saturated heterocycles. The fraction of sp³-hybridized carbons (Fsp3) is 0.176. The van der Waals surface area contributed by atoms with Crippen LogP contribution < -0.4 is 21.5 Å². The Morgan fingerprint density at radius 1 is 0.833 bits per heavy atom. The maximum absolute atomic E-state index is 13.5. The van der Waals surface area contributed by atoms with Gasteiger partial charge in [0, 0.05) is 11.4 Å². The van der Waals surface area contributed by atoms with Crippen molar-refractivity contribution < 1.29 is 4.39 Å². The SMILES string of the molecule is Cc1ccc(NC(=S)NNC(=S)Nc2c(C)cccc2C)cc1F. The highest BCUT2D eigenvalue weighted by Crippen LogP contribution is 2.19. The second kappa shape index (κ2) is 8.03. The zero-order chi connectivity index (χ0) is 17.7. The number of para-hydroxylation sites is 1. The van der Waals surface area contributed by atoms with Gasteiger partial charge in [0.1, 0.15) is 5.82 Å². The molecular weight excluding hydrogens is 343 g/mol. The Morgan fingerprint density at radius 2 is 1.42 bits per heavy atom. The summed E-state index contributed by atoms with van der Waals surface area (Å²) in [5.74, 6) is -0.289. The third-order valence-corrected chi connectivity index (χ3v) is 3.85. The largest absolute Gasteiger partial charge is 0.331 e. The molecule has 0 fully saturated rings. The topological polar surface area (TPSA) is 48.1 Å². The first-order valence-electron chi connectivity index (χ1n) is 7.33. The van der Waals surface area contributed by atoms with Crippen LogP contribution in [0.5, 0.6) is 0 Å². The highest BCUT2D eigenvalue weighted by Gasteiger charge is 2.05. The third kappa shape index (κ3) is 4.87. The Balaban J connectivity index is 1.87. The van der Waals surface area contributed by atoms with Gasteiger partial charge < -0.3 is 10.6 Å². The number of rotatable bonds is 2. The van der Waals surface area contributed by atoms with Gasteiger partial charge in [0.05, 0.1) is 0 Å². The highest BCUT2D eigenvalue weighted by atomic mass is 32.1. The van der Waals surface area contributed by atoms with Crippen molar-refractivity contribution in [3.8, 4) is 0 Å². The fourth-order valence-corrected chi connectivity index (χ4v) is 2.42. The molecule has 0 atom stereocenters. The molecule has 2 aromatic carbocycles. The third-order valence-electron chi connectivity index (χ3n) is 3.44. The van der Waals surface area contributed by atoms with Gasteiger partial charge in [-0.2, -0.15) is 0 Å². The molecular formula is C17H19FN4S2. The van der Waals surface area contributed by atoms with Crippen LogP contribution in [0.1, 0.15) is 16.7 Å². The number of halogens is 1. The van der Waals surface area contributed by atoms with Crippen LogP contribution in [0.3, 0.4) is 0 Å². The lowest BCUT2D eigenvalue weighted by Gasteiger charge is -2.16. The van der Waals surface area contributed by atoms with Crippen LogP contribution in [0.15, 0.2) is 36.4 Å². The number of hydrazine groups is 1. The van der Waals surface area contributed by atoms with Crippen LogP contribution >= 0.6 is 24.4 Å². The molecule has 7 heteroatoms. The van der Waals surface area contributed by atoms with E-state index in [0.717, 1.165) is 16.8 Å². The Kier molecular flexibility index (Phi) is 6.05. The summed E-state index contributed by atoms with van der Waals surface area (Å²) in [4.78, 5) is 0. The molecule has 0 unspecified atom stereocenters. The van der Waals surface area contributed by atoms with Crippen molar-refractivity contribution in [2.75, 3.05) is 10.6 Å². The van der Waals surface area contributed by atoms with Crippen molar-refractivity contribution in [1.29, 1.82) is 0 Å². The Labute approximate surface area is 151 Å². The van der Waals surface area contributed by atoms with Gasteiger partial charge in [-0.1, -0.05) is 24.3 Å². The van der Waals surface area contributed by atoms with E-state index in [9.17, 15) is 4.39 Å². The molecule has 0 bridgehead atoms. The molecule has 0 saturated carbocycles. The molecule has 0 heterocycles. The van der Waals surface area contributed by atoms with E-state index in [1.54, 1.807) is 19.1 Å². The van der Waals surface area contributed by atoms with Gasteiger partial charge in [0.25, 0.3) is 0 Å². The lowest BCUT2D eigenvalue weighted by Crippen LogP contribution is -2.45. The highest BCUT2D eigenvalue weighted by molar-refractivity contribution is 7.81. The molecule has 2 aromatic rings. The second-order valence-electron chi connectivity index (χ2n) is 5.39. The van der Waals surface area contributed by atoms with Gasteiger partial charge in [-0.3, -0.25) is 10.9 Å². The number of aryl methyl sites for hydroxylation is 3. The molecule has 0 aliphatic heterocycles. The molecule has 0 aromatic heterocycles. The van der Waals surface area contributed by atoms with Gasteiger partial charge >= 0.3 is 0 Å². The molecule has 0 radical (unpaired) electrons. The summed E-state index contributed by atoms with van der Waals surface area (Å²) in [6, 6.07) is 10.8. The van der Waals surface area contributed by atoms with E-state index in [0.29, 0.717) is 16.4 Å². The molecule has 126 valence electrons. The average molecular weight is 362 g/mol. The fourth-order valence-electron chi connectivity index (χ4n) is 2.10. The van der Waals surface area contributed by atoms with E-state index in [1.165, 1.54) is 6.07 Å². The van der Waals surface area contributed by atoms with E-state index in [-0.39, 0.29) is 10.9 Å². The lowest BCUT2D eigenvalue weighted by atomic mass is 10.1. The summed E-state index contributed by atoms with van der Waals surface area (Å²) in [6.45, 7) is 5.71. The molecule has 2 rings (SSSR count). The summed E-state index contributed by atoms with van der Waals surface area (Å²) in [7, 11) is 0. The van der Waals surface area contributed by atoms with Crippen LogP contribution in [0.2, 0.25) is 0 Å². The van der Waals surface area contributed by atoms with E-state index in [4.69, 9.17) is 24.4 Å². The first-order valence-corrected chi connectivity index (χ1v) is 8.15. The summed E-state index contributed by atoms with van der Waals surface area (Å²) in [5.41, 5.74) is 9.85. The normalized spacial score (nSPS) is 10.0. The minimum Gasteiger partial charge on any atom is -0.331 e. The average Bonchev–Trinajstić information content (AvgIpc) is 2.53. The second-order valence-corrected chi connectivity index (χ2v) is 6.21. The smallest absolute Gasteiger partial charge is 0.189 e. The van der Waals surface area contributed by atoms with Crippen molar-refractivity contribution in [2.45, 2.75) is 20.8 Å². The van der Waals surface area contributed by atoms with Crippen molar-refractivity contribution in [1.82, 2.24) is 10.9 Å². The van der Waals surface area contributed by atoms with E-state index in [2.05, 4.69) is 21.5 Å². The quantitative estimate of drug-likeness (QED) is 0.480. The molecule has 0 amide bonds. The summed E-state index contributed by atoms with van der Waals surface area (Å²) < 4.78 is 13.5. The minimum absolute atomic E-state index is 0.281. The Bertz CT molecular complexity index is 757. The van der Waals surface area contributed by atoms with Crippen LogP contribution in [-0.4, -0.2) is 10.2 Å². The van der Waals surface area contributed by atoms with E-state index < -0.39 is 0 Å². The maximum Gasteiger partial charge on any atom is 0.189 e. The van der Waals surface area contributed by atoms with E-state index >= 15 is 0 Å². The zero-order valence-electron chi connectivity index (χ0n) is 13.7. The number of nitrogens with one attached hydrogen (secondary N) is 4. The number of benzene rings is 2. The number of anilines is 2. The monoisotopic (exact) mass is 362 g/mol. The summed E-state index contributed by atoms with van der Waals surface area (Å²) in [5, 5.41) is 6.67. The number of hydrogen-bond donors (Lipinski definition) is 4. The summed E-state index contributed by atoms with van der Waals surface area (Å²) in [6.07, 6.45) is 0. The number of hydrogen-bond acceptors (Lipinski definition) is 2. The van der Waals surface area contributed by atoms with Crippen molar-refractivity contribution >= 4 is 46.0 Å². The van der Waals surface area contributed by atoms with Crippen molar-refractivity contribution in [2.24, 2.45) is 0 Å². The molecule has 0 aliphatic rings. The van der Waals surface area contributed by atoms with Crippen molar-refractivity contribution in [3.05, 3.63) is 58.9 Å². The van der Waals surface area contributed by atoms with Gasteiger partial charge in [-0.25, -0.2) is 4.39 Å². The Morgan fingerprint density at radius 3 is 2.00 bits per heavy atom. The molecule has 4 N–H and O–H groups in total. The summed E-state index contributed by atoms with van der Waals surface area (Å²) >= 11 is 10.4. The van der Waals surface area contributed by atoms with Gasteiger partial charge in [0.15, 0.2) is 10.2 Å². The first kappa shape index (κ1) is 18.1. The first-order chi connectivity index (χ1) is 11.4. The minimum atomic E-state index is -0.289. The molecule has 0 aliphatic carbocycles.